The van der Waals surface area contributed by atoms with E-state index in [0.29, 0.717) is 17.5 Å². The first-order valence-electron chi connectivity index (χ1n) is 9.98. The third-order valence-electron chi connectivity index (χ3n) is 5.39. The second-order valence-electron chi connectivity index (χ2n) is 7.53. The lowest BCUT2D eigenvalue weighted by Gasteiger charge is -2.23. The molecule has 1 fully saturated rings. The maximum atomic E-state index is 14.2. The lowest BCUT2D eigenvalue weighted by Crippen LogP contribution is -2.40. The number of fused-ring (bicyclic) bond motifs is 1. The standard InChI is InChI=1S/C22H20FN7O/c1-14-5-6-16(11-18(14)20-26-12-17-4-2-9-30(17)28-20)27-21(31)19-10-15(23)13-29(19)22-24-7-3-8-25-22/h2-9,11-12,15,19H,10,13H2,1H3,(H,27,31). The molecule has 1 aliphatic heterocycles. The maximum Gasteiger partial charge on any atom is 0.247 e. The molecule has 31 heavy (non-hydrogen) atoms. The van der Waals surface area contributed by atoms with E-state index in [9.17, 15) is 9.18 Å². The summed E-state index contributed by atoms with van der Waals surface area (Å²) >= 11 is 0. The number of rotatable bonds is 4. The number of aryl methyl sites for hydroxylation is 1. The Hall–Kier alpha value is -3.88. The number of nitrogens with one attached hydrogen (secondary N) is 1. The molecule has 0 spiro atoms. The molecule has 4 aromatic rings. The molecule has 4 heterocycles. The first-order chi connectivity index (χ1) is 15.1. The second-order valence-corrected chi connectivity index (χ2v) is 7.53. The normalized spacial score (nSPS) is 18.5. The maximum absolute atomic E-state index is 14.2. The fourth-order valence-corrected chi connectivity index (χ4v) is 3.82. The zero-order valence-electron chi connectivity index (χ0n) is 16.8. The fraction of sp³-hybridized carbons (Fsp3) is 0.227. The van der Waals surface area contributed by atoms with Crippen LogP contribution in [-0.4, -0.2) is 49.2 Å². The largest absolute Gasteiger partial charge is 0.326 e. The molecule has 9 heteroatoms. The van der Waals surface area contributed by atoms with Gasteiger partial charge in [-0.1, -0.05) is 6.07 Å². The van der Waals surface area contributed by atoms with Gasteiger partial charge in [-0.25, -0.2) is 23.9 Å². The minimum atomic E-state index is -1.12. The van der Waals surface area contributed by atoms with Crippen molar-refractivity contribution in [3.8, 4) is 11.4 Å². The van der Waals surface area contributed by atoms with E-state index in [2.05, 4.69) is 25.4 Å². The number of carbonyl (C=O) groups excluding carboxylic acids is 1. The molecule has 2 unspecified atom stereocenters. The SMILES string of the molecule is Cc1ccc(NC(=O)C2CC(F)CN2c2ncccn2)cc1-c1ncc2cccn2n1. The van der Waals surface area contributed by atoms with E-state index in [-0.39, 0.29) is 18.9 Å². The number of benzene rings is 1. The first-order valence-corrected chi connectivity index (χ1v) is 9.98. The molecule has 3 aromatic heterocycles. The number of alkyl halides is 1. The highest BCUT2D eigenvalue weighted by Crippen LogP contribution is 2.27. The van der Waals surface area contributed by atoms with Gasteiger partial charge in [0.2, 0.25) is 11.9 Å². The fourth-order valence-electron chi connectivity index (χ4n) is 3.82. The molecule has 1 aromatic carbocycles. The van der Waals surface area contributed by atoms with Crippen LogP contribution in [0.5, 0.6) is 0 Å². The molecule has 0 saturated carbocycles. The van der Waals surface area contributed by atoms with Crippen molar-refractivity contribution in [1.82, 2.24) is 24.6 Å². The summed E-state index contributed by atoms with van der Waals surface area (Å²) in [5, 5.41) is 7.45. The van der Waals surface area contributed by atoms with Crippen molar-refractivity contribution in [2.75, 3.05) is 16.8 Å². The Kier molecular flexibility index (Phi) is 4.78. The average Bonchev–Trinajstić information content (AvgIpc) is 3.41. The van der Waals surface area contributed by atoms with Gasteiger partial charge in [0.1, 0.15) is 12.2 Å². The van der Waals surface area contributed by atoms with Crippen molar-refractivity contribution in [3.05, 3.63) is 66.7 Å². The van der Waals surface area contributed by atoms with Gasteiger partial charge in [-0.05, 0) is 42.8 Å². The molecule has 2 atom stereocenters. The van der Waals surface area contributed by atoms with Crippen LogP contribution in [0.25, 0.3) is 16.9 Å². The number of carbonyl (C=O) groups is 1. The lowest BCUT2D eigenvalue weighted by molar-refractivity contribution is -0.117. The topological polar surface area (TPSA) is 88.3 Å². The smallest absolute Gasteiger partial charge is 0.247 e. The number of aromatic nitrogens is 5. The van der Waals surface area contributed by atoms with Crippen LogP contribution in [-0.2, 0) is 4.79 Å². The Morgan fingerprint density at radius 3 is 2.84 bits per heavy atom. The molecular formula is C22H20FN7O. The zero-order valence-corrected chi connectivity index (χ0v) is 16.8. The third-order valence-corrected chi connectivity index (χ3v) is 5.39. The highest BCUT2D eigenvalue weighted by Gasteiger charge is 2.38. The van der Waals surface area contributed by atoms with Crippen LogP contribution in [0.4, 0.5) is 16.0 Å². The molecule has 8 nitrogen and oxygen atoms in total. The van der Waals surface area contributed by atoms with Crippen molar-refractivity contribution < 1.29 is 9.18 Å². The van der Waals surface area contributed by atoms with Crippen LogP contribution in [0.1, 0.15) is 12.0 Å². The van der Waals surface area contributed by atoms with Gasteiger partial charge in [0, 0.05) is 36.3 Å². The van der Waals surface area contributed by atoms with Crippen LogP contribution in [0, 0.1) is 6.92 Å². The Morgan fingerprint density at radius 1 is 1.16 bits per heavy atom. The van der Waals surface area contributed by atoms with Crippen LogP contribution in [0.3, 0.4) is 0 Å². The summed E-state index contributed by atoms with van der Waals surface area (Å²) in [5.41, 5.74) is 3.29. The Labute approximate surface area is 177 Å². The Morgan fingerprint density at radius 2 is 2.00 bits per heavy atom. The molecular weight excluding hydrogens is 397 g/mol. The van der Waals surface area contributed by atoms with Crippen molar-refractivity contribution in [2.24, 2.45) is 0 Å². The minimum Gasteiger partial charge on any atom is -0.326 e. The number of hydrogen-bond donors (Lipinski definition) is 1. The summed E-state index contributed by atoms with van der Waals surface area (Å²) in [4.78, 5) is 27.4. The second kappa shape index (κ2) is 7.75. The summed E-state index contributed by atoms with van der Waals surface area (Å²) < 4.78 is 15.9. The number of nitrogens with zero attached hydrogens (tertiary/aromatic N) is 6. The van der Waals surface area contributed by atoms with E-state index in [1.54, 1.807) is 34.1 Å². The van der Waals surface area contributed by atoms with E-state index < -0.39 is 12.2 Å². The third kappa shape index (κ3) is 3.70. The van der Waals surface area contributed by atoms with Gasteiger partial charge in [0.25, 0.3) is 0 Å². The van der Waals surface area contributed by atoms with Crippen molar-refractivity contribution in [3.63, 3.8) is 0 Å². The Bertz CT molecular complexity index is 1240. The van der Waals surface area contributed by atoms with Crippen LogP contribution in [0.15, 0.2) is 61.2 Å². The summed E-state index contributed by atoms with van der Waals surface area (Å²) in [7, 11) is 0. The van der Waals surface area contributed by atoms with E-state index in [0.717, 1.165) is 16.6 Å². The van der Waals surface area contributed by atoms with Gasteiger partial charge >= 0.3 is 0 Å². The van der Waals surface area contributed by atoms with Crippen molar-refractivity contribution >= 4 is 23.1 Å². The Balaban J connectivity index is 1.40. The number of hydrogen-bond acceptors (Lipinski definition) is 6. The van der Waals surface area contributed by atoms with Gasteiger partial charge in [-0.2, -0.15) is 0 Å². The van der Waals surface area contributed by atoms with Crippen LogP contribution >= 0.6 is 0 Å². The molecule has 5 rings (SSSR count). The van der Waals surface area contributed by atoms with Gasteiger partial charge in [-0.15, -0.1) is 5.10 Å². The molecule has 0 bridgehead atoms. The number of halogens is 1. The van der Waals surface area contributed by atoms with Gasteiger partial charge in [0.05, 0.1) is 18.3 Å². The van der Waals surface area contributed by atoms with Gasteiger partial charge < -0.3 is 10.2 Å². The summed E-state index contributed by atoms with van der Waals surface area (Å²) in [6.45, 7) is 2.05. The average molecular weight is 417 g/mol. The highest BCUT2D eigenvalue weighted by atomic mass is 19.1. The molecule has 1 aliphatic rings. The first kappa shape index (κ1) is 19.1. The molecule has 1 amide bonds. The predicted octanol–water partition coefficient (Wildman–Crippen LogP) is 3.05. The van der Waals surface area contributed by atoms with E-state index in [4.69, 9.17) is 0 Å². The van der Waals surface area contributed by atoms with Crippen LogP contribution in [0.2, 0.25) is 0 Å². The number of anilines is 2. The van der Waals surface area contributed by atoms with E-state index >= 15 is 0 Å². The highest BCUT2D eigenvalue weighted by molar-refractivity contribution is 5.97. The van der Waals surface area contributed by atoms with Crippen molar-refractivity contribution in [1.29, 1.82) is 0 Å². The zero-order chi connectivity index (χ0) is 21.4. The predicted molar refractivity (Wildman–Crippen MR) is 114 cm³/mol. The summed E-state index contributed by atoms with van der Waals surface area (Å²) in [6.07, 6.45) is 5.75. The lowest BCUT2D eigenvalue weighted by atomic mass is 10.1. The van der Waals surface area contributed by atoms with Gasteiger partial charge in [-0.3, -0.25) is 4.79 Å². The van der Waals surface area contributed by atoms with E-state index in [1.807, 2.05) is 43.5 Å². The van der Waals surface area contributed by atoms with Crippen molar-refractivity contribution in [2.45, 2.75) is 25.6 Å². The monoisotopic (exact) mass is 417 g/mol. The van der Waals surface area contributed by atoms with Crippen LogP contribution < -0.4 is 10.2 Å². The molecule has 0 aliphatic carbocycles. The molecule has 156 valence electrons. The summed E-state index contributed by atoms with van der Waals surface area (Å²) in [5.74, 6) is 0.603. The molecule has 0 radical (unpaired) electrons. The molecule has 1 saturated heterocycles. The summed E-state index contributed by atoms with van der Waals surface area (Å²) in [6, 6.07) is 10.4. The molecule has 1 N–H and O–H groups in total. The van der Waals surface area contributed by atoms with Gasteiger partial charge in [0.15, 0.2) is 5.82 Å². The quantitative estimate of drug-likeness (QED) is 0.549. The van der Waals surface area contributed by atoms with E-state index in [1.165, 1.54) is 0 Å². The minimum absolute atomic E-state index is 0.0893. The number of amides is 1.